The Morgan fingerprint density at radius 3 is 1.96 bits per heavy atom. The van der Waals surface area contributed by atoms with Gasteiger partial charge in [0.05, 0.1) is 0 Å². The minimum absolute atomic E-state index is 0.704. The maximum atomic E-state index is 6.30. The Labute approximate surface area is 171 Å². The molecule has 4 atom stereocenters. The van der Waals surface area contributed by atoms with Crippen LogP contribution in [0.4, 0.5) is 0 Å². The summed E-state index contributed by atoms with van der Waals surface area (Å²) in [6.07, 6.45) is 9.45. The third kappa shape index (κ3) is 5.69. The Balaban J connectivity index is 1.41. The fourth-order valence-electron chi connectivity index (χ4n) is 5.47. The molecule has 28 heavy (non-hydrogen) atoms. The third-order valence-corrected chi connectivity index (χ3v) is 6.85. The first-order chi connectivity index (χ1) is 13.4. The number of piperidine rings is 2. The van der Waals surface area contributed by atoms with Crippen LogP contribution in [0, 0.1) is 11.8 Å². The van der Waals surface area contributed by atoms with Crippen molar-refractivity contribution in [3.8, 4) is 0 Å². The van der Waals surface area contributed by atoms with Gasteiger partial charge in [-0.25, -0.2) is 4.68 Å². The zero-order chi connectivity index (χ0) is 20.1. The highest BCUT2D eigenvalue weighted by atomic mass is 15.4. The predicted octanol–water partition coefficient (Wildman–Crippen LogP) is 3.10. The number of hydrogen-bond acceptors (Lipinski definition) is 5. The standard InChI is InChI=1S/C22H42N6/c1-17-14-18(2)16-26(15-17)12-6-10-21-24-25-22(28(21)23)11-7-13-27-19(3)8-5-9-20(27)4/h17-20H,5-16,23H2,1-4H3/t17-,18+,19-,20-/m0/s1. The molecular weight excluding hydrogens is 348 g/mol. The van der Waals surface area contributed by atoms with Gasteiger partial charge in [-0.05, 0) is 70.9 Å². The van der Waals surface area contributed by atoms with Crippen LogP contribution in [0.2, 0.25) is 0 Å². The van der Waals surface area contributed by atoms with Gasteiger partial charge in [-0.2, -0.15) is 0 Å². The van der Waals surface area contributed by atoms with Crippen LogP contribution >= 0.6 is 0 Å². The number of nitrogens with zero attached hydrogens (tertiary/aromatic N) is 5. The number of hydrogen-bond donors (Lipinski definition) is 1. The van der Waals surface area contributed by atoms with Crippen molar-refractivity contribution in [1.82, 2.24) is 24.7 Å². The van der Waals surface area contributed by atoms with Gasteiger partial charge < -0.3 is 10.7 Å². The maximum Gasteiger partial charge on any atom is 0.151 e. The number of rotatable bonds is 8. The van der Waals surface area contributed by atoms with Gasteiger partial charge in [-0.15, -0.1) is 10.2 Å². The number of nitrogens with two attached hydrogens (primary N) is 1. The van der Waals surface area contributed by atoms with Gasteiger partial charge in [0.15, 0.2) is 11.6 Å². The fraction of sp³-hybridized carbons (Fsp3) is 0.909. The van der Waals surface area contributed by atoms with E-state index in [1.165, 1.54) is 38.8 Å². The monoisotopic (exact) mass is 390 g/mol. The van der Waals surface area contributed by atoms with E-state index in [1.807, 2.05) is 0 Å². The summed E-state index contributed by atoms with van der Waals surface area (Å²) in [7, 11) is 0. The van der Waals surface area contributed by atoms with Crippen molar-refractivity contribution in [3.63, 3.8) is 0 Å². The van der Waals surface area contributed by atoms with Gasteiger partial charge in [0.2, 0.25) is 0 Å². The first kappa shape index (κ1) is 21.6. The van der Waals surface area contributed by atoms with Crippen LogP contribution in [0.1, 0.15) is 77.9 Å². The Morgan fingerprint density at radius 2 is 1.39 bits per heavy atom. The molecule has 0 amide bonds. The van der Waals surface area contributed by atoms with Gasteiger partial charge in [-0.3, -0.25) is 4.90 Å². The summed E-state index contributed by atoms with van der Waals surface area (Å²) in [5.74, 6) is 9.82. The van der Waals surface area contributed by atoms with E-state index in [0.717, 1.165) is 62.3 Å². The van der Waals surface area contributed by atoms with Gasteiger partial charge in [0.25, 0.3) is 0 Å². The summed E-state index contributed by atoms with van der Waals surface area (Å²) >= 11 is 0. The van der Waals surface area contributed by atoms with Crippen LogP contribution in [-0.2, 0) is 12.8 Å². The highest BCUT2D eigenvalue weighted by Gasteiger charge is 2.24. The van der Waals surface area contributed by atoms with Crippen LogP contribution in [0.3, 0.4) is 0 Å². The molecule has 1 aromatic heterocycles. The van der Waals surface area contributed by atoms with E-state index in [1.54, 1.807) is 4.68 Å². The molecule has 3 heterocycles. The quantitative estimate of drug-likeness (QED) is 0.691. The van der Waals surface area contributed by atoms with Crippen molar-refractivity contribution >= 4 is 0 Å². The fourth-order valence-corrected chi connectivity index (χ4v) is 5.47. The molecule has 0 aliphatic carbocycles. The Hall–Kier alpha value is -1.14. The second-order valence-corrected chi connectivity index (χ2v) is 9.68. The first-order valence-electron chi connectivity index (χ1n) is 11.6. The van der Waals surface area contributed by atoms with Crippen molar-refractivity contribution in [2.24, 2.45) is 11.8 Å². The van der Waals surface area contributed by atoms with E-state index in [2.05, 4.69) is 47.7 Å². The van der Waals surface area contributed by atoms with E-state index < -0.39 is 0 Å². The molecule has 160 valence electrons. The second-order valence-electron chi connectivity index (χ2n) is 9.68. The molecule has 6 heteroatoms. The van der Waals surface area contributed by atoms with E-state index >= 15 is 0 Å². The molecule has 0 aromatic carbocycles. The van der Waals surface area contributed by atoms with Gasteiger partial charge in [0, 0.05) is 38.0 Å². The van der Waals surface area contributed by atoms with Crippen molar-refractivity contribution in [1.29, 1.82) is 0 Å². The van der Waals surface area contributed by atoms with Crippen molar-refractivity contribution in [3.05, 3.63) is 11.6 Å². The third-order valence-electron chi connectivity index (χ3n) is 6.85. The average molecular weight is 391 g/mol. The summed E-state index contributed by atoms with van der Waals surface area (Å²) < 4.78 is 1.75. The molecule has 0 unspecified atom stereocenters. The van der Waals surface area contributed by atoms with Gasteiger partial charge in [0.1, 0.15) is 0 Å². The second kappa shape index (κ2) is 10.1. The summed E-state index contributed by atoms with van der Waals surface area (Å²) in [6, 6.07) is 1.41. The lowest BCUT2D eigenvalue weighted by molar-refractivity contribution is 0.102. The predicted molar refractivity (Wildman–Crippen MR) is 116 cm³/mol. The topological polar surface area (TPSA) is 63.2 Å². The molecule has 2 N–H and O–H groups in total. The van der Waals surface area contributed by atoms with Crippen molar-refractivity contribution in [2.45, 2.75) is 91.1 Å². The Morgan fingerprint density at radius 1 is 0.857 bits per heavy atom. The normalized spacial score (nSPS) is 30.0. The van der Waals surface area contributed by atoms with E-state index in [0.29, 0.717) is 12.1 Å². The molecule has 2 saturated heterocycles. The molecule has 3 rings (SSSR count). The lowest BCUT2D eigenvalue weighted by Crippen LogP contribution is -2.44. The number of aromatic nitrogens is 3. The molecule has 0 bridgehead atoms. The molecular formula is C22H42N6. The SMILES string of the molecule is C[C@@H]1C[C@H](C)CN(CCCc2nnc(CCCN3[C@@H](C)CCC[C@@H]3C)n2N)C1. The molecule has 6 nitrogen and oxygen atoms in total. The van der Waals surface area contributed by atoms with E-state index in [-0.39, 0.29) is 0 Å². The minimum Gasteiger partial charge on any atom is -0.336 e. The molecule has 0 saturated carbocycles. The van der Waals surface area contributed by atoms with E-state index in [9.17, 15) is 0 Å². The minimum atomic E-state index is 0.704. The summed E-state index contributed by atoms with van der Waals surface area (Å²) in [5.41, 5.74) is 0. The van der Waals surface area contributed by atoms with Crippen molar-refractivity contribution < 1.29 is 0 Å². The molecule has 0 spiro atoms. The van der Waals surface area contributed by atoms with Crippen LogP contribution in [-0.4, -0.2) is 62.9 Å². The number of aryl methyl sites for hydroxylation is 2. The first-order valence-corrected chi connectivity index (χ1v) is 11.6. The van der Waals surface area contributed by atoms with Crippen LogP contribution in [0.5, 0.6) is 0 Å². The van der Waals surface area contributed by atoms with Gasteiger partial charge in [-0.1, -0.05) is 20.3 Å². The van der Waals surface area contributed by atoms with Crippen LogP contribution < -0.4 is 5.84 Å². The Kier molecular flexibility index (Phi) is 7.75. The van der Waals surface area contributed by atoms with Crippen LogP contribution in [0.25, 0.3) is 0 Å². The maximum absolute atomic E-state index is 6.30. The van der Waals surface area contributed by atoms with E-state index in [4.69, 9.17) is 5.84 Å². The van der Waals surface area contributed by atoms with Crippen LogP contribution in [0.15, 0.2) is 0 Å². The lowest BCUT2D eigenvalue weighted by Gasteiger charge is -2.39. The largest absolute Gasteiger partial charge is 0.336 e. The molecule has 0 radical (unpaired) electrons. The molecule has 2 aliphatic heterocycles. The number of likely N-dealkylation sites (tertiary alicyclic amines) is 2. The smallest absolute Gasteiger partial charge is 0.151 e. The molecule has 2 fully saturated rings. The lowest BCUT2D eigenvalue weighted by atomic mass is 9.92. The highest BCUT2D eigenvalue weighted by Crippen LogP contribution is 2.23. The van der Waals surface area contributed by atoms with Crippen molar-refractivity contribution in [2.75, 3.05) is 32.0 Å². The summed E-state index contributed by atoms with van der Waals surface area (Å²) in [5, 5.41) is 8.76. The molecule has 1 aromatic rings. The van der Waals surface area contributed by atoms with Gasteiger partial charge >= 0.3 is 0 Å². The summed E-state index contributed by atoms with van der Waals surface area (Å²) in [4.78, 5) is 5.26. The number of nitrogen functional groups attached to an aromatic ring is 1. The zero-order valence-corrected chi connectivity index (χ0v) is 18.6. The summed E-state index contributed by atoms with van der Waals surface area (Å²) in [6.45, 7) is 14.2. The molecule has 2 aliphatic rings. The zero-order valence-electron chi connectivity index (χ0n) is 18.6. The highest BCUT2D eigenvalue weighted by molar-refractivity contribution is 4.97. The Bertz CT molecular complexity index is 580. The average Bonchev–Trinajstić information content (AvgIpc) is 2.97.